The van der Waals surface area contributed by atoms with Gasteiger partial charge in [0, 0.05) is 13.0 Å². The lowest BCUT2D eigenvalue weighted by Gasteiger charge is -2.25. The second-order valence-electron chi connectivity index (χ2n) is 7.03. The van der Waals surface area contributed by atoms with Crippen LogP contribution in [0.2, 0.25) is 0 Å². The molecule has 158 valence electrons. The van der Waals surface area contributed by atoms with Crippen molar-refractivity contribution in [1.29, 1.82) is 0 Å². The molecule has 2 aromatic carbocycles. The Bertz CT molecular complexity index is 855. The maximum absolute atomic E-state index is 12.7. The fourth-order valence-electron chi connectivity index (χ4n) is 3.38. The van der Waals surface area contributed by atoms with Crippen molar-refractivity contribution >= 4 is 18.0 Å². The Labute approximate surface area is 175 Å². The fraction of sp³-hybridized carbons (Fsp3) is 0.348. The molecule has 1 fully saturated rings. The lowest BCUT2D eigenvalue weighted by molar-refractivity contribution is -0.155. The number of hydrogen-bond donors (Lipinski definition) is 0. The molecule has 7 nitrogen and oxygen atoms in total. The molecular formula is C23H25NO6. The maximum atomic E-state index is 12.7. The number of carbonyl (C=O) groups is 3. The van der Waals surface area contributed by atoms with Gasteiger partial charge in [0.15, 0.2) is 0 Å². The summed E-state index contributed by atoms with van der Waals surface area (Å²) in [7, 11) is 1.28. The molecule has 1 heterocycles. The second kappa shape index (κ2) is 10.4. The Hall–Kier alpha value is -3.35. The number of carbonyl (C=O) groups excluding carboxylic acids is 3. The smallest absolute Gasteiger partial charge is 0.411 e. The van der Waals surface area contributed by atoms with Gasteiger partial charge < -0.3 is 14.2 Å². The number of ether oxygens (including phenoxy) is 3. The summed E-state index contributed by atoms with van der Waals surface area (Å²) in [5.41, 5.74) is 1.67. The van der Waals surface area contributed by atoms with Gasteiger partial charge in [-0.1, -0.05) is 60.7 Å². The molecule has 0 N–H and O–H groups in total. The van der Waals surface area contributed by atoms with Crippen molar-refractivity contribution in [2.24, 2.45) is 0 Å². The van der Waals surface area contributed by atoms with Crippen molar-refractivity contribution < 1.29 is 28.6 Å². The van der Waals surface area contributed by atoms with Crippen molar-refractivity contribution in [2.75, 3.05) is 13.7 Å². The summed E-state index contributed by atoms with van der Waals surface area (Å²) in [4.78, 5) is 38.7. The van der Waals surface area contributed by atoms with E-state index in [-0.39, 0.29) is 13.0 Å². The molecule has 1 aliphatic rings. The summed E-state index contributed by atoms with van der Waals surface area (Å²) in [6.45, 7) is 0.451. The van der Waals surface area contributed by atoms with Crippen molar-refractivity contribution in [3.05, 3.63) is 71.8 Å². The third-order valence-corrected chi connectivity index (χ3v) is 4.95. The summed E-state index contributed by atoms with van der Waals surface area (Å²) in [6.07, 6.45) is -0.500. The van der Waals surface area contributed by atoms with Gasteiger partial charge >= 0.3 is 18.0 Å². The molecule has 0 aromatic heterocycles. The van der Waals surface area contributed by atoms with Gasteiger partial charge in [-0.05, 0) is 24.0 Å². The Morgan fingerprint density at radius 3 is 2.27 bits per heavy atom. The third-order valence-electron chi connectivity index (χ3n) is 4.95. The number of esters is 2. The molecule has 2 atom stereocenters. The van der Waals surface area contributed by atoms with Crippen molar-refractivity contribution in [2.45, 2.75) is 38.0 Å². The van der Waals surface area contributed by atoms with Crippen LogP contribution in [0.4, 0.5) is 4.79 Å². The summed E-state index contributed by atoms with van der Waals surface area (Å²) in [5, 5.41) is 0. The minimum absolute atomic E-state index is 0.0804. The van der Waals surface area contributed by atoms with Crippen LogP contribution in [-0.4, -0.2) is 48.7 Å². The maximum Gasteiger partial charge on any atom is 0.411 e. The lowest BCUT2D eigenvalue weighted by atomic mass is 10.1. The van der Waals surface area contributed by atoms with E-state index in [9.17, 15) is 14.4 Å². The average molecular weight is 411 g/mol. The largest absolute Gasteiger partial charge is 0.467 e. The molecule has 3 rings (SSSR count). The highest BCUT2D eigenvalue weighted by Gasteiger charge is 2.38. The van der Waals surface area contributed by atoms with E-state index in [1.54, 1.807) is 0 Å². The predicted octanol–water partition coefficient (Wildman–Crippen LogP) is 3.12. The number of rotatable bonds is 7. The number of methoxy groups -OCH3 is 1. The molecule has 1 aliphatic heterocycles. The van der Waals surface area contributed by atoms with Gasteiger partial charge in [-0.25, -0.2) is 14.4 Å². The molecular weight excluding hydrogens is 386 g/mol. The van der Waals surface area contributed by atoms with Gasteiger partial charge in [-0.2, -0.15) is 0 Å². The van der Waals surface area contributed by atoms with Gasteiger partial charge in [0.05, 0.1) is 7.11 Å². The molecule has 0 aliphatic carbocycles. The fourth-order valence-corrected chi connectivity index (χ4v) is 3.38. The Balaban J connectivity index is 1.69. The molecule has 7 heteroatoms. The zero-order chi connectivity index (χ0) is 21.3. The number of amides is 1. The second-order valence-corrected chi connectivity index (χ2v) is 7.03. The first-order valence-electron chi connectivity index (χ1n) is 9.88. The van der Waals surface area contributed by atoms with E-state index in [0.29, 0.717) is 19.4 Å². The highest BCUT2D eigenvalue weighted by molar-refractivity contribution is 5.84. The van der Waals surface area contributed by atoms with E-state index in [0.717, 1.165) is 11.1 Å². The number of likely N-dealkylation sites (tertiary alicyclic amines) is 1. The normalized spacial score (nSPS) is 16.6. The van der Waals surface area contributed by atoms with Gasteiger partial charge in [0.2, 0.25) is 6.10 Å². The van der Waals surface area contributed by atoms with Crippen LogP contribution in [0.5, 0.6) is 0 Å². The zero-order valence-corrected chi connectivity index (χ0v) is 16.9. The number of nitrogens with zero attached hydrogens (tertiary/aromatic N) is 1. The van der Waals surface area contributed by atoms with Gasteiger partial charge in [0.25, 0.3) is 0 Å². The van der Waals surface area contributed by atoms with Crippen molar-refractivity contribution in [1.82, 2.24) is 4.90 Å². The quantitative estimate of drug-likeness (QED) is 0.514. The molecule has 1 saturated heterocycles. The number of hydrogen-bond acceptors (Lipinski definition) is 6. The molecule has 0 radical (unpaired) electrons. The monoisotopic (exact) mass is 411 g/mol. The first kappa shape index (κ1) is 21.4. The van der Waals surface area contributed by atoms with E-state index in [1.807, 2.05) is 60.7 Å². The van der Waals surface area contributed by atoms with E-state index >= 15 is 0 Å². The molecule has 30 heavy (non-hydrogen) atoms. The number of benzene rings is 2. The SMILES string of the molecule is COC(=O)[C@H]1CCCN1C(=O)O[C@@H](Cc1ccccc1)C(=O)OCc1ccccc1. The van der Waals surface area contributed by atoms with Crippen LogP contribution in [0.1, 0.15) is 24.0 Å². The van der Waals surface area contributed by atoms with E-state index in [2.05, 4.69) is 0 Å². The predicted molar refractivity (Wildman–Crippen MR) is 108 cm³/mol. The van der Waals surface area contributed by atoms with Crippen molar-refractivity contribution in [3.63, 3.8) is 0 Å². The molecule has 0 unspecified atom stereocenters. The van der Waals surface area contributed by atoms with E-state index < -0.39 is 30.2 Å². The lowest BCUT2D eigenvalue weighted by Crippen LogP contribution is -2.44. The highest BCUT2D eigenvalue weighted by atomic mass is 16.6. The molecule has 2 aromatic rings. The summed E-state index contributed by atoms with van der Waals surface area (Å²) in [6, 6.07) is 17.8. The van der Waals surface area contributed by atoms with Crippen LogP contribution >= 0.6 is 0 Å². The Morgan fingerprint density at radius 1 is 1.00 bits per heavy atom. The average Bonchev–Trinajstić information content (AvgIpc) is 3.28. The van der Waals surface area contributed by atoms with E-state index in [4.69, 9.17) is 14.2 Å². The van der Waals surface area contributed by atoms with Crippen LogP contribution in [0.15, 0.2) is 60.7 Å². The Kier molecular flexibility index (Phi) is 7.43. The highest BCUT2D eigenvalue weighted by Crippen LogP contribution is 2.21. The zero-order valence-electron chi connectivity index (χ0n) is 16.9. The van der Waals surface area contributed by atoms with Crippen LogP contribution in [-0.2, 0) is 36.8 Å². The van der Waals surface area contributed by atoms with Gasteiger partial charge in [0.1, 0.15) is 12.6 Å². The molecule has 1 amide bonds. The van der Waals surface area contributed by atoms with Gasteiger partial charge in [-0.3, -0.25) is 4.90 Å². The van der Waals surface area contributed by atoms with Crippen molar-refractivity contribution in [3.8, 4) is 0 Å². The van der Waals surface area contributed by atoms with Crippen LogP contribution < -0.4 is 0 Å². The molecule has 0 spiro atoms. The van der Waals surface area contributed by atoms with Crippen LogP contribution in [0, 0.1) is 0 Å². The molecule has 0 bridgehead atoms. The topological polar surface area (TPSA) is 82.1 Å². The first-order valence-corrected chi connectivity index (χ1v) is 9.88. The van der Waals surface area contributed by atoms with Gasteiger partial charge in [-0.15, -0.1) is 0 Å². The minimum Gasteiger partial charge on any atom is -0.467 e. The minimum atomic E-state index is -1.12. The molecule has 0 saturated carbocycles. The summed E-state index contributed by atoms with van der Waals surface area (Å²) in [5.74, 6) is -1.12. The van der Waals surface area contributed by atoms with Crippen LogP contribution in [0.25, 0.3) is 0 Å². The Morgan fingerprint density at radius 2 is 1.63 bits per heavy atom. The summed E-state index contributed by atoms with van der Waals surface area (Å²) < 4.78 is 15.7. The standard InChI is InChI=1S/C23H25NO6/c1-28-21(25)19-13-8-14-24(19)23(27)30-20(15-17-9-4-2-5-10-17)22(26)29-16-18-11-6-3-7-12-18/h2-7,9-12,19-20H,8,13-16H2,1H3/t19-,20+/m1/s1. The van der Waals surface area contributed by atoms with E-state index in [1.165, 1.54) is 12.0 Å². The third kappa shape index (κ3) is 5.59. The van der Waals surface area contributed by atoms with Crippen LogP contribution in [0.3, 0.4) is 0 Å². The first-order chi connectivity index (χ1) is 14.6. The summed E-state index contributed by atoms with van der Waals surface area (Å²) >= 11 is 0.